The number of fused-ring (bicyclic) bond motifs is 2. The molecule has 0 aliphatic carbocycles. The minimum absolute atomic E-state index is 0.273. The summed E-state index contributed by atoms with van der Waals surface area (Å²) in [4.78, 5) is 0. The third-order valence-electron chi connectivity index (χ3n) is 3.52. The number of nitrogens with two attached hydrogens (primary N) is 1. The van der Waals surface area contributed by atoms with Crippen molar-refractivity contribution in [1.29, 1.82) is 0 Å². The SMILES string of the molecule is Cn1nc(-c2ccc3c(c2)OCO3)c2cc(N)ccc21. The Balaban J connectivity index is 1.96. The first-order valence-electron chi connectivity index (χ1n) is 6.34. The van der Waals surface area contributed by atoms with Crippen LogP contribution in [0.15, 0.2) is 36.4 Å². The highest BCUT2D eigenvalue weighted by Crippen LogP contribution is 2.37. The topological polar surface area (TPSA) is 62.3 Å². The van der Waals surface area contributed by atoms with Crippen molar-refractivity contribution in [3.8, 4) is 22.8 Å². The minimum Gasteiger partial charge on any atom is -0.454 e. The van der Waals surface area contributed by atoms with Crippen LogP contribution in [-0.4, -0.2) is 16.6 Å². The van der Waals surface area contributed by atoms with Crippen molar-refractivity contribution >= 4 is 16.6 Å². The number of hydrogen-bond donors (Lipinski definition) is 1. The summed E-state index contributed by atoms with van der Waals surface area (Å²) in [5.74, 6) is 1.53. The second kappa shape index (κ2) is 3.90. The lowest BCUT2D eigenvalue weighted by atomic mass is 10.1. The Labute approximate surface area is 115 Å². The van der Waals surface area contributed by atoms with Gasteiger partial charge in [-0.2, -0.15) is 5.10 Å². The van der Waals surface area contributed by atoms with E-state index >= 15 is 0 Å². The molecule has 100 valence electrons. The fraction of sp³-hybridized carbons (Fsp3) is 0.133. The van der Waals surface area contributed by atoms with Crippen LogP contribution in [0.1, 0.15) is 0 Å². The lowest BCUT2D eigenvalue weighted by Gasteiger charge is -2.01. The number of aryl methyl sites for hydroxylation is 1. The maximum absolute atomic E-state index is 5.89. The molecule has 1 aliphatic heterocycles. The molecule has 20 heavy (non-hydrogen) atoms. The van der Waals surface area contributed by atoms with Gasteiger partial charge in [0.1, 0.15) is 5.69 Å². The van der Waals surface area contributed by atoms with E-state index in [1.807, 2.05) is 48.1 Å². The molecular weight excluding hydrogens is 254 g/mol. The Bertz CT molecular complexity index is 823. The van der Waals surface area contributed by atoms with Crippen molar-refractivity contribution in [2.24, 2.45) is 7.05 Å². The second-order valence-corrected chi connectivity index (χ2v) is 4.82. The van der Waals surface area contributed by atoms with Gasteiger partial charge in [0.25, 0.3) is 0 Å². The third-order valence-corrected chi connectivity index (χ3v) is 3.52. The second-order valence-electron chi connectivity index (χ2n) is 4.82. The Morgan fingerprint density at radius 2 is 1.95 bits per heavy atom. The van der Waals surface area contributed by atoms with Gasteiger partial charge in [-0.1, -0.05) is 0 Å². The number of anilines is 1. The van der Waals surface area contributed by atoms with E-state index in [0.29, 0.717) is 0 Å². The molecule has 0 bridgehead atoms. The maximum Gasteiger partial charge on any atom is 0.231 e. The summed E-state index contributed by atoms with van der Waals surface area (Å²) in [5, 5.41) is 5.63. The van der Waals surface area contributed by atoms with Crippen LogP contribution >= 0.6 is 0 Å². The average Bonchev–Trinajstić information content (AvgIpc) is 3.02. The molecule has 3 aromatic rings. The summed E-state index contributed by atoms with van der Waals surface area (Å²) in [7, 11) is 1.93. The van der Waals surface area contributed by atoms with Crippen LogP contribution in [0.5, 0.6) is 11.5 Å². The fourth-order valence-electron chi connectivity index (χ4n) is 2.54. The van der Waals surface area contributed by atoms with Gasteiger partial charge in [-0.25, -0.2) is 0 Å². The molecule has 1 aromatic heterocycles. The first kappa shape index (κ1) is 11.2. The van der Waals surface area contributed by atoms with Crippen molar-refractivity contribution in [2.45, 2.75) is 0 Å². The van der Waals surface area contributed by atoms with Gasteiger partial charge in [0, 0.05) is 23.7 Å². The van der Waals surface area contributed by atoms with Crippen LogP contribution in [0.3, 0.4) is 0 Å². The Kier molecular flexibility index (Phi) is 2.18. The molecule has 2 heterocycles. The van der Waals surface area contributed by atoms with Crippen molar-refractivity contribution in [3.05, 3.63) is 36.4 Å². The molecular formula is C15H13N3O2. The Morgan fingerprint density at radius 1 is 1.10 bits per heavy atom. The van der Waals surface area contributed by atoms with Gasteiger partial charge in [0.05, 0.1) is 5.52 Å². The number of aromatic nitrogens is 2. The minimum atomic E-state index is 0.273. The van der Waals surface area contributed by atoms with E-state index in [1.54, 1.807) is 0 Å². The van der Waals surface area contributed by atoms with Gasteiger partial charge in [-0.05, 0) is 36.4 Å². The van der Waals surface area contributed by atoms with E-state index in [-0.39, 0.29) is 6.79 Å². The normalized spacial score (nSPS) is 13.1. The molecule has 0 amide bonds. The molecule has 0 radical (unpaired) electrons. The molecule has 0 spiro atoms. The lowest BCUT2D eigenvalue weighted by molar-refractivity contribution is 0.174. The van der Waals surface area contributed by atoms with E-state index in [0.717, 1.165) is 39.3 Å². The molecule has 5 heteroatoms. The molecule has 0 fully saturated rings. The average molecular weight is 267 g/mol. The predicted molar refractivity (Wildman–Crippen MR) is 76.7 cm³/mol. The number of ether oxygens (including phenoxy) is 2. The highest BCUT2D eigenvalue weighted by molar-refractivity contribution is 5.95. The molecule has 2 N–H and O–H groups in total. The van der Waals surface area contributed by atoms with Crippen LogP contribution in [0, 0.1) is 0 Å². The maximum atomic E-state index is 5.89. The monoisotopic (exact) mass is 267 g/mol. The quantitative estimate of drug-likeness (QED) is 0.688. The highest BCUT2D eigenvalue weighted by atomic mass is 16.7. The standard InChI is InChI=1S/C15H13N3O2/c1-18-12-4-3-10(16)7-11(12)15(17-18)9-2-5-13-14(6-9)20-8-19-13/h2-7H,8,16H2,1H3. The smallest absolute Gasteiger partial charge is 0.231 e. The van der Waals surface area contributed by atoms with Crippen LogP contribution in [0.4, 0.5) is 5.69 Å². The van der Waals surface area contributed by atoms with Crippen LogP contribution in [0.25, 0.3) is 22.2 Å². The third kappa shape index (κ3) is 1.53. The summed E-state index contributed by atoms with van der Waals surface area (Å²) in [6.07, 6.45) is 0. The summed E-state index contributed by atoms with van der Waals surface area (Å²) in [6.45, 7) is 0.273. The lowest BCUT2D eigenvalue weighted by Crippen LogP contribution is -1.92. The Hall–Kier alpha value is -2.69. The van der Waals surface area contributed by atoms with Gasteiger partial charge >= 0.3 is 0 Å². The van der Waals surface area contributed by atoms with Gasteiger partial charge in [0.2, 0.25) is 6.79 Å². The van der Waals surface area contributed by atoms with Crippen molar-refractivity contribution in [2.75, 3.05) is 12.5 Å². The van der Waals surface area contributed by atoms with Crippen LogP contribution < -0.4 is 15.2 Å². The molecule has 5 nitrogen and oxygen atoms in total. The van der Waals surface area contributed by atoms with Crippen molar-refractivity contribution in [1.82, 2.24) is 9.78 Å². The number of nitrogen functional groups attached to an aromatic ring is 1. The van der Waals surface area contributed by atoms with Gasteiger partial charge in [-0.3, -0.25) is 4.68 Å². The number of nitrogens with zero attached hydrogens (tertiary/aromatic N) is 2. The summed E-state index contributed by atoms with van der Waals surface area (Å²) in [6, 6.07) is 11.7. The largest absolute Gasteiger partial charge is 0.454 e. The zero-order valence-corrected chi connectivity index (χ0v) is 11.0. The molecule has 0 saturated heterocycles. The Morgan fingerprint density at radius 3 is 2.85 bits per heavy atom. The van der Waals surface area contributed by atoms with E-state index in [4.69, 9.17) is 15.2 Å². The van der Waals surface area contributed by atoms with Gasteiger partial charge in [0.15, 0.2) is 11.5 Å². The van der Waals surface area contributed by atoms with Crippen LogP contribution in [-0.2, 0) is 7.05 Å². The molecule has 4 rings (SSSR count). The first-order valence-corrected chi connectivity index (χ1v) is 6.34. The first-order chi connectivity index (χ1) is 9.72. The number of benzene rings is 2. The van der Waals surface area contributed by atoms with Gasteiger partial charge in [-0.15, -0.1) is 0 Å². The summed E-state index contributed by atoms with van der Waals surface area (Å²) >= 11 is 0. The predicted octanol–water partition coefficient (Wildman–Crippen LogP) is 2.55. The summed E-state index contributed by atoms with van der Waals surface area (Å²) in [5.41, 5.74) is 9.55. The fourth-order valence-corrected chi connectivity index (χ4v) is 2.54. The van der Waals surface area contributed by atoms with E-state index < -0.39 is 0 Å². The van der Waals surface area contributed by atoms with Crippen molar-refractivity contribution in [3.63, 3.8) is 0 Å². The molecule has 0 saturated carbocycles. The van der Waals surface area contributed by atoms with Crippen LogP contribution in [0.2, 0.25) is 0 Å². The summed E-state index contributed by atoms with van der Waals surface area (Å²) < 4.78 is 12.6. The highest BCUT2D eigenvalue weighted by Gasteiger charge is 2.17. The number of rotatable bonds is 1. The number of hydrogen-bond acceptors (Lipinski definition) is 4. The molecule has 1 aliphatic rings. The zero-order chi connectivity index (χ0) is 13.7. The van der Waals surface area contributed by atoms with E-state index in [2.05, 4.69) is 5.10 Å². The van der Waals surface area contributed by atoms with E-state index in [9.17, 15) is 0 Å². The molecule has 0 unspecified atom stereocenters. The van der Waals surface area contributed by atoms with E-state index in [1.165, 1.54) is 0 Å². The van der Waals surface area contributed by atoms with Gasteiger partial charge < -0.3 is 15.2 Å². The molecule has 0 atom stereocenters. The zero-order valence-electron chi connectivity index (χ0n) is 11.0. The van der Waals surface area contributed by atoms with Crippen molar-refractivity contribution < 1.29 is 9.47 Å². The molecule has 2 aromatic carbocycles.